The Kier molecular flexibility index (Phi) is 7.60. The maximum absolute atomic E-state index is 4.22. The molecular formula is C10H18N2. The van der Waals surface area contributed by atoms with Gasteiger partial charge in [-0.1, -0.05) is 12.2 Å². The minimum atomic E-state index is 0.835. The average molecular weight is 166 g/mol. The summed E-state index contributed by atoms with van der Waals surface area (Å²) in [6.45, 7) is 6.43. The smallest absolute Gasteiger partial charge is 0.0497 e. The predicted octanol–water partition coefficient (Wildman–Crippen LogP) is 2.15. The topological polar surface area (TPSA) is 24.4 Å². The fraction of sp³-hybridized carbons (Fsp3) is 0.500. The third-order valence-corrected chi connectivity index (χ3v) is 1.40. The second-order valence-corrected chi connectivity index (χ2v) is 2.48. The Morgan fingerprint density at radius 2 is 2.25 bits per heavy atom. The van der Waals surface area contributed by atoms with Crippen LogP contribution < -0.4 is 5.32 Å². The molecule has 2 nitrogen and oxygen atoms in total. The van der Waals surface area contributed by atoms with Gasteiger partial charge in [-0.2, -0.15) is 0 Å². The first-order valence-corrected chi connectivity index (χ1v) is 4.28. The van der Waals surface area contributed by atoms with Crippen molar-refractivity contribution in [3.8, 4) is 0 Å². The van der Waals surface area contributed by atoms with E-state index in [4.69, 9.17) is 0 Å². The second-order valence-electron chi connectivity index (χ2n) is 2.48. The van der Waals surface area contributed by atoms with Gasteiger partial charge in [0.15, 0.2) is 0 Å². The fourth-order valence-corrected chi connectivity index (χ4v) is 0.885. The molecule has 0 fully saturated rings. The standard InChI is InChI=1S/C10H18N2/c1-4-6-7-8-10(9-11-3)12-5-2/h4-5,8,11H,1,6-7,9H2,2-3H3/b10-8+,12-5?. The molecule has 0 aliphatic rings. The highest BCUT2D eigenvalue weighted by Crippen LogP contribution is 1.99. The van der Waals surface area contributed by atoms with E-state index in [9.17, 15) is 0 Å². The first-order valence-electron chi connectivity index (χ1n) is 4.28. The summed E-state index contributed by atoms with van der Waals surface area (Å²) < 4.78 is 0. The summed E-state index contributed by atoms with van der Waals surface area (Å²) >= 11 is 0. The van der Waals surface area contributed by atoms with Crippen molar-refractivity contribution < 1.29 is 0 Å². The van der Waals surface area contributed by atoms with Gasteiger partial charge in [-0.15, -0.1) is 6.58 Å². The van der Waals surface area contributed by atoms with Crippen molar-refractivity contribution in [1.29, 1.82) is 0 Å². The van der Waals surface area contributed by atoms with Crippen LogP contribution in [0.1, 0.15) is 19.8 Å². The molecule has 0 saturated heterocycles. The minimum Gasteiger partial charge on any atom is -0.314 e. The van der Waals surface area contributed by atoms with Gasteiger partial charge in [0.1, 0.15) is 0 Å². The largest absolute Gasteiger partial charge is 0.314 e. The molecule has 0 heterocycles. The number of unbranched alkanes of at least 4 members (excludes halogenated alkanes) is 1. The van der Waals surface area contributed by atoms with Crippen LogP contribution in [0.2, 0.25) is 0 Å². The number of aliphatic imine (C=N–C) groups is 1. The molecule has 0 unspecified atom stereocenters. The van der Waals surface area contributed by atoms with Gasteiger partial charge in [0.05, 0.1) is 0 Å². The Morgan fingerprint density at radius 3 is 2.75 bits per heavy atom. The zero-order chi connectivity index (χ0) is 9.23. The van der Waals surface area contributed by atoms with E-state index in [2.05, 4.69) is 23.0 Å². The summed E-state index contributed by atoms with van der Waals surface area (Å²) in [5.41, 5.74) is 1.10. The molecule has 68 valence electrons. The van der Waals surface area contributed by atoms with Gasteiger partial charge < -0.3 is 5.32 Å². The van der Waals surface area contributed by atoms with Crippen molar-refractivity contribution in [2.45, 2.75) is 19.8 Å². The number of rotatable bonds is 6. The molecule has 0 aromatic carbocycles. The summed E-state index contributed by atoms with van der Waals surface area (Å²) in [5.74, 6) is 0. The number of hydrogen-bond acceptors (Lipinski definition) is 2. The molecule has 0 aliphatic heterocycles. The average Bonchev–Trinajstić information content (AvgIpc) is 2.06. The highest BCUT2D eigenvalue weighted by atomic mass is 14.9. The van der Waals surface area contributed by atoms with Gasteiger partial charge in [-0.25, -0.2) is 0 Å². The predicted molar refractivity (Wildman–Crippen MR) is 55.6 cm³/mol. The lowest BCUT2D eigenvalue weighted by Gasteiger charge is -1.99. The molecule has 0 spiro atoms. The van der Waals surface area contributed by atoms with Gasteiger partial charge in [-0.05, 0) is 26.8 Å². The monoisotopic (exact) mass is 166 g/mol. The van der Waals surface area contributed by atoms with E-state index >= 15 is 0 Å². The minimum absolute atomic E-state index is 0.835. The third-order valence-electron chi connectivity index (χ3n) is 1.40. The first kappa shape index (κ1) is 11.1. The second kappa shape index (κ2) is 8.21. The molecule has 0 aromatic rings. The van der Waals surface area contributed by atoms with E-state index in [0.29, 0.717) is 0 Å². The molecule has 0 saturated carbocycles. The third kappa shape index (κ3) is 5.86. The molecule has 0 radical (unpaired) electrons. The van der Waals surface area contributed by atoms with Gasteiger partial charge in [0, 0.05) is 18.5 Å². The Bertz CT molecular complexity index is 169. The highest BCUT2D eigenvalue weighted by Gasteiger charge is 1.89. The van der Waals surface area contributed by atoms with Crippen LogP contribution in [0.5, 0.6) is 0 Å². The number of hydrogen-bond donors (Lipinski definition) is 1. The molecule has 0 amide bonds. The lowest BCUT2D eigenvalue weighted by atomic mass is 10.2. The van der Waals surface area contributed by atoms with Gasteiger partial charge in [0.2, 0.25) is 0 Å². The van der Waals surface area contributed by atoms with Gasteiger partial charge in [-0.3, -0.25) is 4.99 Å². The van der Waals surface area contributed by atoms with Crippen molar-refractivity contribution in [3.05, 3.63) is 24.4 Å². The maximum Gasteiger partial charge on any atom is 0.0497 e. The van der Waals surface area contributed by atoms with Crippen LogP contribution in [0.25, 0.3) is 0 Å². The summed E-state index contributed by atoms with van der Waals surface area (Å²) in [6.07, 6.45) is 7.92. The van der Waals surface area contributed by atoms with Crippen molar-refractivity contribution in [3.63, 3.8) is 0 Å². The van der Waals surface area contributed by atoms with Crippen molar-refractivity contribution >= 4 is 6.21 Å². The molecule has 12 heavy (non-hydrogen) atoms. The van der Waals surface area contributed by atoms with Crippen LogP contribution in [-0.4, -0.2) is 19.8 Å². The van der Waals surface area contributed by atoms with Crippen LogP contribution in [0.15, 0.2) is 29.4 Å². The Hall–Kier alpha value is -0.890. The molecule has 0 rings (SSSR count). The molecule has 0 aliphatic carbocycles. The van der Waals surface area contributed by atoms with Crippen molar-refractivity contribution in [2.24, 2.45) is 4.99 Å². The first-order chi connectivity index (χ1) is 5.85. The van der Waals surface area contributed by atoms with Crippen LogP contribution in [0, 0.1) is 0 Å². The Balaban J connectivity index is 3.89. The number of nitrogens with one attached hydrogen (secondary N) is 1. The van der Waals surface area contributed by atoms with E-state index in [1.165, 1.54) is 0 Å². The van der Waals surface area contributed by atoms with E-state index in [1.54, 1.807) is 0 Å². The summed E-state index contributed by atoms with van der Waals surface area (Å²) in [7, 11) is 1.92. The Labute approximate surface area is 75.1 Å². The molecule has 0 aromatic heterocycles. The molecule has 0 bridgehead atoms. The van der Waals surface area contributed by atoms with Crippen LogP contribution >= 0.6 is 0 Å². The Morgan fingerprint density at radius 1 is 1.50 bits per heavy atom. The number of likely N-dealkylation sites (N-methyl/N-ethyl adjacent to an activating group) is 1. The summed E-state index contributed by atoms with van der Waals surface area (Å²) in [6, 6.07) is 0. The fourth-order valence-electron chi connectivity index (χ4n) is 0.885. The quantitative estimate of drug-likeness (QED) is 0.365. The summed E-state index contributed by atoms with van der Waals surface area (Å²) in [4.78, 5) is 4.22. The zero-order valence-electron chi connectivity index (χ0n) is 8.01. The van der Waals surface area contributed by atoms with Crippen LogP contribution in [-0.2, 0) is 0 Å². The van der Waals surface area contributed by atoms with E-state index in [0.717, 1.165) is 25.1 Å². The number of allylic oxidation sites excluding steroid dienone is 2. The van der Waals surface area contributed by atoms with Crippen molar-refractivity contribution in [2.75, 3.05) is 13.6 Å². The van der Waals surface area contributed by atoms with Crippen LogP contribution in [0.4, 0.5) is 0 Å². The SMILES string of the molecule is C=CCC/C=C(\CNC)N=CC. The van der Waals surface area contributed by atoms with E-state index < -0.39 is 0 Å². The van der Waals surface area contributed by atoms with Crippen LogP contribution in [0.3, 0.4) is 0 Å². The van der Waals surface area contributed by atoms with E-state index in [1.807, 2.05) is 26.3 Å². The summed E-state index contributed by atoms with van der Waals surface area (Å²) in [5, 5.41) is 3.07. The lowest BCUT2D eigenvalue weighted by Crippen LogP contribution is -2.09. The molecule has 0 atom stereocenters. The number of nitrogens with zero attached hydrogens (tertiary/aromatic N) is 1. The maximum atomic E-state index is 4.22. The highest BCUT2D eigenvalue weighted by molar-refractivity contribution is 5.55. The lowest BCUT2D eigenvalue weighted by molar-refractivity contribution is 0.860. The van der Waals surface area contributed by atoms with E-state index in [-0.39, 0.29) is 0 Å². The van der Waals surface area contributed by atoms with Crippen molar-refractivity contribution in [1.82, 2.24) is 5.32 Å². The normalized spacial score (nSPS) is 12.3. The molecule has 1 N–H and O–H groups in total. The molecule has 2 heteroatoms. The van der Waals surface area contributed by atoms with Gasteiger partial charge >= 0.3 is 0 Å². The van der Waals surface area contributed by atoms with Gasteiger partial charge in [0.25, 0.3) is 0 Å². The molecular weight excluding hydrogens is 148 g/mol. The zero-order valence-corrected chi connectivity index (χ0v) is 8.01.